The first-order chi connectivity index (χ1) is 8.62. The van der Waals surface area contributed by atoms with Gasteiger partial charge in [0.15, 0.2) is 11.2 Å². The first-order valence-corrected chi connectivity index (χ1v) is 13.7. The van der Waals surface area contributed by atoms with Gasteiger partial charge in [-0.2, -0.15) is 0 Å². The second-order valence-electron chi connectivity index (χ2n) is 7.83. The van der Waals surface area contributed by atoms with Crippen molar-refractivity contribution in [3.8, 4) is 11.8 Å². The zero-order chi connectivity index (χ0) is 16.2. The molecule has 0 aliphatic rings. The van der Waals surface area contributed by atoms with Crippen molar-refractivity contribution in [2.75, 3.05) is 0 Å². The van der Waals surface area contributed by atoms with Gasteiger partial charge in [-0.25, -0.2) is 9.78 Å². The van der Waals surface area contributed by atoms with E-state index in [1.54, 1.807) is 0 Å². The molecule has 0 unspecified atom stereocenters. The molecule has 0 saturated heterocycles. The Labute approximate surface area is 126 Å². The predicted molar refractivity (Wildman–Crippen MR) is 87.0 cm³/mol. The Hall–Kier alpha value is -0.166. The summed E-state index contributed by atoms with van der Waals surface area (Å²) in [6, 6.07) is 0. The Bertz CT molecular complexity index is 333. The van der Waals surface area contributed by atoms with Gasteiger partial charge in [0.2, 0.25) is 16.6 Å². The van der Waals surface area contributed by atoms with E-state index < -0.39 is 27.8 Å². The highest BCUT2D eigenvalue weighted by molar-refractivity contribution is 6.69. The SMILES string of the molecule is CC(C)(C#CC(C)(C)OO[Si](C)(C)C)OO[Si](C)(C)C. The van der Waals surface area contributed by atoms with Gasteiger partial charge in [-0.1, -0.05) is 11.8 Å². The third-order valence-electron chi connectivity index (χ3n) is 1.66. The molecule has 0 aromatic heterocycles. The minimum atomic E-state index is -1.72. The molecule has 0 amide bonds. The van der Waals surface area contributed by atoms with Crippen molar-refractivity contribution in [2.45, 2.75) is 78.2 Å². The highest BCUT2D eigenvalue weighted by atomic mass is 28.4. The average molecular weight is 319 g/mol. The molecular weight excluding hydrogens is 288 g/mol. The van der Waals surface area contributed by atoms with Crippen LogP contribution in [0.3, 0.4) is 0 Å². The Morgan fingerprint density at radius 1 is 0.600 bits per heavy atom. The molecule has 0 N–H and O–H groups in total. The van der Waals surface area contributed by atoms with Crippen LogP contribution < -0.4 is 0 Å². The molecule has 0 aliphatic heterocycles. The second-order valence-corrected chi connectivity index (χ2v) is 16.6. The van der Waals surface area contributed by atoms with E-state index in [9.17, 15) is 0 Å². The molecule has 20 heavy (non-hydrogen) atoms. The van der Waals surface area contributed by atoms with Crippen LogP contribution in [-0.2, 0) is 18.9 Å². The maximum absolute atomic E-state index is 5.44. The van der Waals surface area contributed by atoms with E-state index in [1.807, 2.05) is 27.7 Å². The Kier molecular flexibility index (Phi) is 6.67. The van der Waals surface area contributed by atoms with E-state index in [-0.39, 0.29) is 0 Å². The fourth-order valence-electron chi connectivity index (χ4n) is 0.801. The van der Waals surface area contributed by atoms with E-state index in [0.29, 0.717) is 0 Å². The van der Waals surface area contributed by atoms with Gasteiger partial charge in [-0.15, -0.1) is 0 Å². The fraction of sp³-hybridized carbons (Fsp3) is 0.857. The van der Waals surface area contributed by atoms with Crippen LogP contribution in [0.15, 0.2) is 0 Å². The smallest absolute Gasteiger partial charge is 0.230 e. The number of rotatable bonds is 6. The second kappa shape index (κ2) is 6.73. The topological polar surface area (TPSA) is 36.9 Å². The lowest BCUT2D eigenvalue weighted by Crippen LogP contribution is -2.34. The van der Waals surface area contributed by atoms with Gasteiger partial charge in [-0.3, -0.25) is 9.15 Å². The van der Waals surface area contributed by atoms with E-state index in [4.69, 9.17) is 18.9 Å². The molecule has 0 saturated carbocycles. The lowest BCUT2D eigenvalue weighted by molar-refractivity contribution is -0.274. The maximum atomic E-state index is 5.44. The van der Waals surface area contributed by atoms with Gasteiger partial charge >= 0.3 is 0 Å². The molecule has 0 radical (unpaired) electrons. The number of hydrogen-bond acceptors (Lipinski definition) is 4. The van der Waals surface area contributed by atoms with Crippen LogP contribution in [-0.4, -0.2) is 27.8 Å². The quantitative estimate of drug-likeness (QED) is 0.319. The van der Waals surface area contributed by atoms with Gasteiger partial charge in [0, 0.05) is 0 Å². The van der Waals surface area contributed by atoms with Crippen molar-refractivity contribution >= 4 is 16.6 Å². The molecular formula is C14H30O4Si2. The Balaban J connectivity index is 4.60. The highest BCUT2D eigenvalue weighted by Crippen LogP contribution is 2.16. The van der Waals surface area contributed by atoms with Gasteiger partial charge in [-0.05, 0) is 67.0 Å². The van der Waals surface area contributed by atoms with Gasteiger partial charge < -0.3 is 0 Å². The summed E-state index contributed by atoms with van der Waals surface area (Å²) < 4.78 is 10.9. The van der Waals surface area contributed by atoms with Crippen molar-refractivity contribution in [1.82, 2.24) is 0 Å². The van der Waals surface area contributed by atoms with Crippen LogP contribution in [0.4, 0.5) is 0 Å². The van der Waals surface area contributed by atoms with Crippen LogP contribution in [0.2, 0.25) is 39.3 Å². The van der Waals surface area contributed by atoms with Gasteiger partial charge in [0.1, 0.15) is 0 Å². The monoisotopic (exact) mass is 318 g/mol. The normalized spacial score (nSPS) is 13.9. The van der Waals surface area contributed by atoms with E-state index >= 15 is 0 Å². The molecule has 0 fully saturated rings. The Morgan fingerprint density at radius 2 is 0.850 bits per heavy atom. The van der Waals surface area contributed by atoms with Crippen molar-refractivity contribution in [3.63, 3.8) is 0 Å². The molecule has 0 aliphatic carbocycles. The van der Waals surface area contributed by atoms with Gasteiger partial charge in [0.05, 0.1) is 0 Å². The maximum Gasteiger partial charge on any atom is 0.230 e. The molecule has 4 nitrogen and oxygen atoms in total. The molecule has 0 aromatic rings. The standard InChI is InChI=1S/C14H30O4Si2/c1-13(2,15-17-19(5,6)7)11-12-14(3,4)16-18-20(8,9)10/h1-10H3. The first kappa shape index (κ1) is 19.8. The lowest BCUT2D eigenvalue weighted by Gasteiger charge is -2.26. The van der Waals surface area contributed by atoms with Crippen LogP contribution in [0.25, 0.3) is 0 Å². The summed E-state index contributed by atoms with van der Waals surface area (Å²) in [6.07, 6.45) is 0. The van der Waals surface area contributed by atoms with Crippen LogP contribution >= 0.6 is 0 Å². The van der Waals surface area contributed by atoms with Crippen LogP contribution in [0.5, 0.6) is 0 Å². The van der Waals surface area contributed by atoms with Crippen molar-refractivity contribution in [1.29, 1.82) is 0 Å². The lowest BCUT2D eigenvalue weighted by atomic mass is 10.1. The average Bonchev–Trinajstić information content (AvgIpc) is 2.20. The molecule has 0 spiro atoms. The summed E-state index contributed by atoms with van der Waals surface area (Å²) in [6.45, 7) is 19.8. The van der Waals surface area contributed by atoms with E-state index in [2.05, 4.69) is 51.1 Å². The molecule has 0 atom stereocenters. The summed E-state index contributed by atoms with van der Waals surface area (Å²) in [5.74, 6) is 6.09. The summed E-state index contributed by atoms with van der Waals surface area (Å²) in [7, 11) is -3.44. The van der Waals surface area contributed by atoms with Crippen LogP contribution in [0, 0.1) is 11.8 Å². The molecule has 0 aromatic carbocycles. The molecule has 0 rings (SSSR count). The summed E-state index contributed by atoms with van der Waals surface area (Å²) >= 11 is 0. The minimum absolute atomic E-state index is 0.680. The zero-order valence-corrected chi connectivity index (χ0v) is 16.6. The van der Waals surface area contributed by atoms with Crippen LogP contribution in [0.1, 0.15) is 27.7 Å². The third-order valence-corrected chi connectivity index (χ3v) is 2.83. The van der Waals surface area contributed by atoms with E-state index in [1.165, 1.54) is 0 Å². The van der Waals surface area contributed by atoms with Crippen molar-refractivity contribution in [2.24, 2.45) is 0 Å². The number of hydrogen-bond donors (Lipinski definition) is 0. The minimum Gasteiger partial charge on any atom is -0.286 e. The summed E-state index contributed by atoms with van der Waals surface area (Å²) in [5, 5.41) is 0. The molecule has 6 heteroatoms. The van der Waals surface area contributed by atoms with Crippen molar-refractivity contribution in [3.05, 3.63) is 0 Å². The van der Waals surface area contributed by atoms with Crippen molar-refractivity contribution < 1.29 is 18.9 Å². The molecule has 0 heterocycles. The zero-order valence-electron chi connectivity index (χ0n) is 14.6. The predicted octanol–water partition coefficient (Wildman–Crippen LogP) is 4.11. The fourth-order valence-corrected chi connectivity index (χ4v) is 1.72. The first-order valence-electron chi connectivity index (χ1n) is 6.90. The largest absolute Gasteiger partial charge is 0.286 e. The van der Waals surface area contributed by atoms with Gasteiger partial charge in [0.25, 0.3) is 0 Å². The molecule has 118 valence electrons. The Morgan fingerprint density at radius 3 is 1.05 bits per heavy atom. The third kappa shape index (κ3) is 11.6. The highest BCUT2D eigenvalue weighted by Gasteiger charge is 2.26. The summed E-state index contributed by atoms with van der Waals surface area (Å²) in [4.78, 5) is 10.9. The van der Waals surface area contributed by atoms with E-state index in [0.717, 1.165) is 0 Å². The molecule has 0 bridgehead atoms. The summed E-state index contributed by atoms with van der Waals surface area (Å²) in [5.41, 5.74) is -1.36.